The van der Waals surface area contributed by atoms with Crippen LogP contribution in [0.3, 0.4) is 0 Å². The number of hydrogen-bond donors (Lipinski definition) is 2. The molecule has 0 aliphatic carbocycles. The molecule has 0 aliphatic rings. The van der Waals surface area contributed by atoms with Crippen LogP contribution in [0.5, 0.6) is 0 Å². The summed E-state index contributed by atoms with van der Waals surface area (Å²) in [5.41, 5.74) is 8.18. The molecule has 1 amide bonds. The molecular weight excluding hydrogens is 261 g/mol. The van der Waals surface area contributed by atoms with Gasteiger partial charge in [-0.25, -0.2) is 0 Å². The standard InChI is InChI=1S/C11H17N3O.2ClH/c1-8-4-5-9(6-10(8)12)13-11(15)7-14(2)3;;/h4-6H,7,12H2,1-3H3,(H,13,15);2*1H. The first kappa shape index (κ1) is 18.4. The van der Waals surface area contributed by atoms with Gasteiger partial charge in [-0.1, -0.05) is 6.07 Å². The topological polar surface area (TPSA) is 58.4 Å². The Bertz CT molecular complexity index is 370. The van der Waals surface area contributed by atoms with Crippen LogP contribution in [-0.2, 0) is 4.79 Å². The summed E-state index contributed by atoms with van der Waals surface area (Å²) in [5, 5.41) is 2.78. The summed E-state index contributed by atoms with van der Waals surface area (Å²) in [4.78, 5) is 13.2. The van der Waals surface area contributed by atoms with Crippen LogP contribution in [-0.4, -0.2) is 31.4 Å². The minimum Gasteiger partial charge on any atom is -0.398 e. The predicted molar refractivity (Wildman–Crippen MR) is 77.3 cm³/mol. The summed E-state index contributed by atoms with van der Waals surface area (Å²) in [6.07, 6.45) is 0. The molecule has 0 spiro atoms. The second-order valence-electron chi connectivity index (χ2n) is 3.86. The molecule has 0 aliphatic heterocycles. The van der Waals surface area contributed by atoms with Crippen molar-refractivity contribution in [3.8, 4) is 0 Å². The first-order chi connectivity index (χ1) is 6.99. The van der Waals surface area contributed by atoms with E-state index in [1.54, 1.807) is 6.07 Å². The minimum atomic E-state index is -0.0387. The van der Waals surface area contributed by atoms with E-state index in [1.165, 1.54) is 0 Å². The largest absolute Gasteiger partial charge is 0.398 e. The number of hydrogen-bond acceptors (Lipinski definition) is 3. The number of carbonyl (C=O) groups is 1. The second kappa shape index (κ2) is 8.17. The maximum absolute atomic E-state index is 11.4. The van der Waals surface area contributed by atoms with E-state index in [0.717, 1.165) is 11.3 Å². The van der Waals surface area contributed by atoms with Crippen molar-refractivity contribution >= 4 is 42.1 Å². The lowest BCUT2D eigenvalue weighted by Crippen LogP contribution is -2.27. The van der Waals surface area contributed by atoms with Crippen LogP contribution in [0, 0.1) is 6.92 Å². The summed E-state index contributed by atoms with van der Waals surface area (Å²) in [7, 11) is 3.70. The number of benzene rings is 1. The third-order valence-corrected chi connectivity index (χ3v) is 2.02. The van der Waals surface area contributed by atoms with Crippen molar-refractivity contribution in [3.05, 3.63) is 23.8 Å². The first-order valence-electron chi connectivity index (χ1n) is 4.80. The predicted octanol–water partition coefficient (Wildman–Crippen LogP) is 1.92. The molecule has 0 atom stereocenters. The fraction of sp³-hybridized carbons (Fsp3) is 0.364. The lowest BCUT2D eigenvalue weighted by Gasteiger charge is -2.10. The molecule has 1 rings (SSSR count). The number of aryl methyl sites for hydroxylation is 1. The van der Waals surface area contributed by atoms with Gasteiger partial charge in [-0.15, -0.1) is 24.8 Å². The quantitative estimate of drug-likeness (QED) is 0.832. The van der Waals surface area contributed by atoms with Gasteiger partial charge in [0.25, 0.3) is 0 Å². The van der Waals surface area contributed by atoms with Gasteiger partial charge in [0.1, 0.15) is 0 Å². The van der Waals surface area contributed by atoms with E-state index < -0.39 is 0 Å². The van der Waals surface area contributed by atoms with Crippen molar-refractivity contribution in [2.45, 2.75) is 6.92 Å². The zero-order valence-electron chi connectivity index (χ0n) is 10.2. The average Bonchev–Trinajstić information content (AvgIpc) is 2.10. The van der Waals surface area contributed by atoms with Crippen LogP contribution in [0.1, 0.15) is 5.56 Å². The van der Waals surface area contributed by atoms with Crippen molar-refractivity contribution in [2.24, 2.45) is 0 Å². The fourth-order valence-corrected chi connectivity index (χ4v) is 1.21. The van der Waals surface area contributed by atoms with Gasteiger partial charge >= 0.3 is 0 Å². The van der Waals surface area contributed by atoms with E-state index in [-0.39, 0.29) is 30.7 Å². The fourth-order valence-electron chi connectivity index (χ4n) is 1.21. The van der Waals surface area contributed by atoms with Crippen LogP contribution in [0.25, 0.3) is 0 Å². The van der Waals surface area contributed by atoms with Gasteiger partial charge in [0.2, 0.25) is 5.91 Å². The number of nitrogens with one attached hydrogen (secondary N) is 1. The van der Waals surface area contributed by atoms with Gasteiger partial charge in [0.05, 0.1) is 6.54 Å². The Balaban J connectivity index is 0. The van der Waals surface area contributed by atoms with Gasteiger partial charge in [0, 0.05) is 11.4 Å². The van der Waals surface area contributed by atoms with Crippen molar-refractivity contribution in [2.75, 3.05) is 31.7 Å². The van der Waals surface area contributed by atoms with Crippen molar-refractivity contribution < 1.29 is 4.79 Å². The van der Waals surface area contributed by atoms with Gasteiger partial charge in [-0.05, 0) is 38.7 Å². The van der Waals surface area contributed by atoms with Gasteiger partial charge in [0.15, 0.2) is 0 Å². The average molecular weight is 280 g/mol. The molecule has 0 aromatic heterocycles. The smallest absolute Gasteiger partial charge is 0.238 e. The van der Waals surface area contributed by atoms with Gasteiger partial charge < -0.3 is 16.0 Å². The van der Waals surface area contributed by atoms with Crippen LogP contribution >= 0.6 is 24.8 Å². The normalized spacial score (nSPS) is 9.18. The zero-order chi connectivity index (χ0) is 11.4. The van der Waals surface area contributed by atoms with Crippen LogP contribution < -0.4 is 11.1 Å². The van der Waals surface area contributed by atoms with Gasteiger partial charge in [-0.2, -0.15) is 0 Å². The lowest BCUT2D eigenvalue weighted by atomic mass is 10.2. The van der Waals surface area contributed by atoms with E-state index in [4.69, 9.17) is 5.73 Å². The molecule has 0 heterocycles. The first-order valence-corrected chi connectivity index (χ1v) is 4.80. The molecule has 17 heavy (non-hydrogen) atoms. The van der Waals surface area contributed by atoms with Crippen LogP contribution in [0.2, 0.25) is 0 Å². The Hall–Kier alpha value is -0.970. The SMILES string of the molecule is Cc1ccc(NC(=O)CN(C)C)cc1N.Cl.Cl. The molecule has 0 bridgehead atoms. The Morgan fingerprint density at radius 3 is 2.41 bits per heavy atom. The zero-order valence-corrected chi connectivity index (χ0v) is 11.8. The number of rotatable bonds is 3. The lowest BCUT2D eigenvalue weighted by molar-refractivity contribution is -0.116. The molecule has 3 N–H and O–H groups in total. The molecule has 0 saturated heterocycles. The number of halogens is 2. The van der Waals surface area contributed by atoms with E-state index in [1.807, 2.05) is 38.1 Å². The number of amides is 1. The summed E-state index contributed by atoms with van der Waals surface area (Å²) in [6, 6.07) is 5.50. The maximum atomic E-state index is 11.4. The molecule has 6 heteroatoms. The molecule has 0 saturated carbocycles. The van der Waals surface area contributed by atoms with E-state index in [0.29, 0.717) is 12.2 Å². The number of anilines is 2. The van der Waals surface area contributed by atoms with Gasteiger partial charge in [-0.3, -0.25) is 4.79 Å². The van der Waals surface area contributed by atoms with Crippen LogP contribution in [0.15, 0.2) is 18.2 Å². The molecule has 0 radical (unpaired) electrons. The Labute approximate surface area is 114 Å². The van der Waals surface area contributed by atoms with E-state index in [2.05, 4.69) is 5.32 Å². The summed E-state index contributed by atoms with van der Waals surface area (Å²) in [6.45, 7) is 2.30. The molecule has 0 unspecified atom stereocenters. The third kappa shape index (κ3) is 6.36. The third-order valence-electron chi connectivity index (χ3n) is 2.02. The van der Waals surface area contributed by atoms with Crippen molar-refractivity contribution in [1.29, 1.82) is 0 Å². The van der Waals surface area contributed by atoms with E-state index >= 15 is 0 Å². The highest BCUT2D eigenvalue weighted by Gasteiger charge is 2.04. The summed E-state index contributed by atoms with van der Waals surface area (Å²) >= 11 is 0. The van der Waals surface area contributed by atoms with Crippen LogP contribution in [0.4, 0.5) is 11.4 Å². The molecule has 1 aromatic carbocycles. The molecule has 0 fully saturated rings. The number of nitrogens with zero attached hydrogens (tertiary/aromatic N) is 1. The van der Waals surface area contributed by atoms with Crippen molar-refractivity contribution in [3.63, 3.8) is 0 Å². The van der Waals surface area contributed by atoms with Crippen molar-refractivity contribution in [1.82, 2.24) is 4.90 Å². The number of nitrogen functional groups attached to an aromatic ring is 1. The Morgan fingerprint density at radius 1 is 1.35 bits per heavy atom. The highest BCUT2D eigenvalue weighted by molar-refractivity contribution is 5.92. The maximum Gasteiger partial charge on any atom is 0.238 e. The molecule has 4 nitrogen and oxygen atoms in total. The summed E-state index contributed by atoms with van der Waals surface area (Å²) < 4.78 is 0. The number of nitrogens with two attached hydrogens (primary N) is 1. The highest BCUT2D eigenvalue weighted by atomic mass is 35.5. The molecule has 1 aromatic rings. The monoisotopic (exact) mass is 279 g/mol. The minimum absolute atomic E-state index is 0. The number of likely N-dealkylation sites (N-methyl/N-ethyl adjacent to an activating group) is 1. The molecular formula is C11H19Cl2N3O. The molecule has 98 valence electrons. The Morgan fingerprint density at radius 2 is 1.94 bits per heavy atom. The van der Waals surface area contributed by atoms with E-state index in [9.17, 15) is 4.79 Å². The number of carbonyl (C=O) groups excluding carboxylic acids is 1. The highest BCUT2D eigenvalue weighted by Crippen LogP contribution is 2.16. The Kier molecular flexibility index (Phi) is 8.84. The second-order valence-corrected chi connectivity index (χ2v) is 3.86. The summed E-state index contributed by atoms with van der Waals surface area (Å²) in [5.74, 6) is -0.0387.